The van der Waals surface area contributed by atoms with E-state index in [1.807, 2.05) is 0 Å². The molecule has 6 unspecified atom stereocenters. The molecule has 2 N–H and O–H groups in total. The van der Waals surface area contributed by atoms with Gasteiger partial charge in [-0.3, -0.25) is 19.2 Å². The van der Waals surface area contributed by atoms with Crippen molar-refractivity contribution in [3.8, 4) is 5.75 Å². The molecule has 6 atom stereocenters. The van der Waals surface area contributed by atoms with Crippen molar-refractivity contribution in [2.75, 3.05) is 6.61 Å². The molecule has 13 nitrogen and oxygen atoms in total. The fraction of sp³-hybridized carbons (Fsp3) is 0.500. The molecular formula is C20H25NO12. The molecule has 1 saturated heterocycles. The molecule has 1 aliphatic rings. The first-order chi connectivity index (χ1) is 15.5. The minimum atomic E-state index is -1.40. The lowest BCUT2D eigenvalue weighted by molar-refractivity contribution is -0.991. The Bertz CT molecular complexity index is 855. The fourth-order valence-corrected chi connectivity index (χ4v) is 3.09. The second-order valence-corrected chi connectivity index (χ2v) is 7.02. The summed E-state index contributed by atoms with van der Waals surface area (Å²) >= 11 is 0. The highest BCUT2D eigenvalue weighted by Crippen LogP contribution is 2.31. The third-order valence-electron chi connectivity index (χ3n) is 4.30. The van der Waals surface area contributed by atoms with Gasteiger partial charge in [-0.15, -0.1) is 0 Å². The van der Waals surface area contributed by atoms with Gasteiger partial charge in [0.05, 0.1) is 0 Å². The van der Waals surface area contributed by atoms with E-state index >= 15 is 0 Å². The Balaban J connectivity index is 2.42. The van der Waals surface area contributed by atoms with Crippen LogP contribution in [0.2, 0.25) is 0 Å². The van der Waals surface area contributed by atoms with Crippen LogP contribution in [0.3, 0.4) is 0 Å². The third-order valence-corrected chi connectivity index (χ3v) is 4.30. The van der Waals surface area contributed by atoms with E-state index in [2.05, 4.69) is 0 Å². The Morgan fingerprint density at radius 2 is 1.39 bits per heavy atom. The second-order valence-electron chi connectivity index (χ2n) is 7.02. The van der Waals surface area contributed by atoms with Crippen molar-refractivity contribution >= 4 is 29.6 Å². The summed E-state index contributed by atoms with van der Waals surface area (Å²) < 4.78 is 32.4. The Kier molecular flexibility index (Phi) is 9.11. The molecule has 0 saturated carbocycles. The Morgan fingerprint density at radius 1 is 0.879 bits per heavy atom. The zero-order valence-electron chi connectivity index (χ0n) is 18.3. The van der Waals surface area contributed by atoms with Crippen molar-refractivity contribution in [1.82, 2.24) is 0 Å². The van der Waals surface area contributed by atoms with Gasteiger partial charge in [0, 0.05) is 39.8 Å². The van der Waals surface area contributed by atoms with Gasteiger partial charge in [-0.2, -0.15) is 5.23 Å². The number of nitrogens with one attached hydrogen (secondary N) is 1. The molecule has 2 rings (SSSR count). The highest BCUT2D eigenvalue weighted by molar-refractivity contribution is 5.68. The molecule has 0 bridgehead atoms. The summed E-state index contributed by atoms with van der Waals surface area (Å²) in [6.07, 6.45) is -6.61. The predicted molar refractivity (Wildman–Crippen MR) is 105 cm³/mol. The summed E-state index contributed by atoms with van der Waals surface area (Å²) in [5.74, 6) is -2.80. The lowest BCUT2D eigenvalue weighted by Crippen LogP contribution is -2.99. The van der Waals surface area contributed by atoms with Crippen molar-refractivity contribution in [2.24, 2.45) is 0 Å². The van der Waals surface area contributed by atoms with Crippen LogP contribution in [0.15, 0.2) is 24.3 Å². The molecule has 1 fully saturated rings. The van der Waals surface area contributed by atoms with Gasteiger partial charge in [0.1, 0.15) is 18.5 Å². The van der Waals surface area contributed by atoms with Crippen LogP contribution in [0.5, 0.6) is 5.75 Å². The number of hydrogen-bond acceptors (Lipinski definition) is 12. The maximum atomic E-state index is 11.8. The molecule has 0 radical (unpaired) electrons. The first kappa shape index (κ1) is 26.0. The van der Waals surface area contributed by atoms with E-state index in [4.69, 9.17) is 33.6 Å². The number of ether oxygens (including phenoxy) is 6. The van der Waals surface area contributed by atoms with Gasteiger partial charge < -0.3 is 33.6 Å². The molecule has 0 amide bonds. The van der Waals surface area contributed by atoms with Crippen LogP contribution in [-0.2, 0) is 42.9 Å². The molecule has 182 valence electrons. The summed E-state index contributed by atoms with van der Waals surface area (Å²) in [6.45, 7) is 4.09. The summed E-state index contributed by atoms with van der Waals surface area (Å²) in [4.78, 5) is 46.6. The third kappa shape index (κ3) is 7.68. The smallest absolute Gasteiger partial charge is 0.303 e. The standard InChI is InChI=1S/C20H25NO12/c1-10(22)28-9-16-17(29-11(2)23)18(30-12(3)24)19(31-13(4)25)20(33-16)32-15-7-5-14(6-8-15)21(26)27/h5-8,16-21,26H,9H2,1-4H3. The summed E-state index contributed by atoms with van der Waals surface area (Å²) in [5, 5.41) is 19.0. The number of hydrogen-bond donors (Lipinski definition) is 2. The molecule has 1 aromatic carbocycles. The van der Waals surface area contributed by atoms with E-state index in [1.54, 1.807) is 0 Å². The zero-order chi connectivity index (χ0) is 24.7. The second kappa shape index (κ2) is 11.6. The van der Waals surface area contributed by atoms with Crippen molar-refractivity contribution in [3.63, 3.8) is 0 Å². The van der Waals surface area contributed by atoms with Crippen LogP contribution in [0.4, 0.5) is 5.69 Å². The molecule has 0 spiro atoms. The van der Waals surface area contributed by atoms with E-state index in [-0.39, 0.29) is 11.4 Å². The molecule has 1 aliphatic heterocycles. The largest absolute Gasteiger partial charge is 0.595 e. The van der Waals surface area contributed by atoms with Crippen LogP contribution >= 0.6 is 0 Å². The van der Waals surface area contributed by atoms with Gasteiger partial charge in [0.15, 0.2) is 17.9 Å². The van der Waals surface area contributed by atoms with E-state index in [0.29, 0.717) is 0 Å². The quantitative estimate of drug-likeness (QED) is 0.285. The van der Waals surface area contributed by atoms with Crippen LogP contribution in [0.1, 0.15) is 27.7 Å². The maximum absolute atomic E-state index is 11.8. The minimum absolute atomic E-state index is 0.00361. The SMILES string of the molecule is CC(=O)OCC1OC(Oc2ccc([NH+]([O-])O)cc2)C(OC(C)=O)C(OC(C)=O)C1OC(C)=O. The van der Waals surface area contributed by atoms with Crippen molar-refractivity contribution in [3.05, 3.63) is 29.5 Å². The first-order valence-corrected chi connectivity index (χ1v) is 9.78. The molecule has 1 heterocycles. The lowest BCUT2D eigenvalue weighted by atomic mass is 9.98. The van der Waals surface area contributed by atoms with Gasteiger partial charge in [0.25, 0.3) is 0 Å². The van der Waals surface area contributed by atoms with Gasteiger partial charge in [-0.25, -0.2) is 5.21 Å². The summed E-state index contributed by atoms with van der Waals surface area (Å²) in [5.41, 5.74) is 0.00361. The van der Waals surface area contributed by atoms with Gasteiger partial charge >= 0.3 is 23.9 Å². The van der Waals surface area contributed by atoms with E-state index in [0.717, 1.165) is 27.7 Å². The first-order valence-electron chi connectivity index (χ1n) is 9.78. The normalized spacial score (nSPS) is 25.3. The van der Waals surface area contributed by atoms with E-state index < -0.39 is 66.4 Å². The zero-order valence-corrected chi connectivity index (χ0v) is 18.3. The molecule has 0 aliphatic carbocycles. The fourth-order valence-electron chi connectivity index (χ4n) is 3.09. The Morgan fingerprint density at radius 3 is 1.88 bits per heavy atom. The number of esters is 4. The van der Waals surface area contributed by atoms with E-state index in [1.165, 1.54) is 24.3 Å². The van der Waals surface area contributed by atoms with Crippen LogP contribution in [0.25, 0.3) is 0 Å². The number of carbonyl (C=O) groups excluding carboxylic acids is 4. The average Bonchev–Trinajstić information content (AvgIpc) is 2.70. The number of carbonyl (C=O) groups is 4. The van der Waals surface area contributed by atoms with Gasteiger partial charge in [-0.05, 0) is 12.1 Å². The number of benzene rings is 1. The molecule has 13 heteroatoms. The lowest BCUT2D eigenvalue weighted by Gasteiger charge is -2.43. The van der Waals surface area contributed by atoms with Gasteiger partial charge in [-0.1, -0.05) is 0 Å². The highest BCUT2D eigenvalue weighted by Gasteiger charge is 2.53. The highest BCUT2D eigenvalue weighted by atomic mass is 16.8. The maximum Gasteiger partial charge on any atom is 0.303 e. The molecular weight excluding hydrogens is 446 g/mol. The number of quaternary nitrogens is 1. The van der Waals surface area contributed by atoms with E-state index in [9.17, 15) is 24.4 Å². The average molecular weight is 471 g/mol. The topological polar surface area (TPSA) is 171 Å². The van der Waals surface area contributed by atoms with Crippen LogP contribution < -0.4 is 9.96 Å². The van der Waals surface area contributed by atoms with Gasteiger partial charge in [0.2, 0.25) is 12.4 Å². The summed E-state index contributed by atoms with van der Waals surface area (Å²) in [7, 11) is 0. The van der Waals surface area contributed by atoms with Crippen molar-refractivity contribution in [2.45, 2.75) is 58.4 Å². The monoisotopic (exact) mass is 471 g/mol. The summed E-state index contributed by atoms with van der Waals surface area (Å²) in [6, 6.07) is 5.25. The minimum Gasteiger partial charge on any atom is -0.595 e. The Labute approximate surface area is 188 Å². The predicted octanol–water partition coefficient (Wildman–Crippen LogP) is -0.448. The number of rotatable bonds is 8. The molecule has 33 heavy (non-hydrogen) atoms. The van der Waals surface area contributed by atoms with Crippen LogP contribution in [-0.4, -0.2) is 66.4 Å². The van der Waals surface area contributed by atoms with Crippen LogP contribution in [0, 0.1) is 5.21 Å². The Hall–Kier alpha value is -3.26. The molecule has 1 aromatic rings. The molecule has 0 aromatic heterocycles. The van der Waals surface area contributed by atoms with Crippen molar-refractivity contribution < 1.29 is 58.0 Å². The van der Waals surface area contributed by atoms with Crippen molar-refractivity contribution in [1.29, 1.82) is 0 Å².